The lowest BCUT2D eigenvalue weighted by Gasteiger charge is -2.07. The fourth-order valence-electron chi connectivity index (χ4n) is 1.40. The largest absolute Gasteiger partial charge is 0.496 e. The second-order valence-corrected chi connectivity index (χ2v) is 4.99. The molecule has 1 heterocycles. The first-order chi connectivity index (χ1) is 8.61. The van der Waals surface area contributed by atoms with E-state index in [0.29, 0.717) is 21.7 Å². The quantitative estimate of drug-likeness (QED) is 0.881. The van der Waals surface area contributed by atoms with E-state index < -0.39 is 0 Å². The minimum atomic E-state index is -0.243. The number of nitrogens with one attached hydrogen (secondary N) is 1. The van der Waals surface area contributed by atoms with Gasteiger partial charge in [0.25, 0.3) is 5.91 Å². The van der Waals surface area contributed by atoms with E-state index >= 15 is 0 Å². The summed E-state index contributed by atoms with van der Waals surface area (Å²) >= 11 is 6.52. The zero-order chi connectivity index (χ0) is 13.1. The van der Waals surface area contributed by atoms with Crippen LogP contribution in [0.1, 0.15) is 10.4 Å². The number of halogens is 2. The van der Waals surface area contributed by atoms with Gasteiger partial charge in [-0.1, -0.05) is 0 Å². The lowest BCUT2D eigenvalue weighted by molar-refractivity contribution is 0.102. The normalized spacial score (nSPS) is 10.2. The fraction of sp³-hybridized carbons (Fsp3) is 0.0833. The highest BCUT2D eigenvalue weighted by Crippen LogP contribution is 2.28. The molecule has 0 spiro atoms. The Morgan fingerprint density at radius 3 is 2.67 bits per heavy atom. The monoisotopic (exact) mass is 373 g/mol. The number of rotatable bonds is 3. The van der Waals surface area contributed by atoms with Gasteiger partial charge in [0.15, 0.2) is 4.67 Å². The first-order valence-corrected chi connectivity index (χ1v) is 6.58. The lowest BCUT2D eigenvalue weighted by Crippen LogP contribution is -2.11. The molecule has 0 aliphatic heterocycles. The van der Waals surface area contributed by atoms with Crippen molar-refractivity contribution in [3.63, 3.8) is 0 Å². The van der Waals surface area contributed by atoms with E-state index in [0.717, 1.165) is 4.47 Å². The smallest absolute Gasteiger partial charge is 0.260 e. The third kappa shape index (κ3) is 2.76. The molecule has 0 saturated heterocycles. The van der Waals surface area contributed by atoms with Crippen LogP contribution in [0.25, 0.3) is 0 Å². The van der Waals surface area contributed by atoms with Gasteiger partial charge in [0.05, 0.1) is 23.4 Å². The molecule has 1 aromatic heterocycles. The molecule has 2 rings (SSSR count). The number of furan rings is 1. The fourth-order valence-corrected chi connectivity index (χ4v) is 2.36. The van der Waals surface area contributed by atoms with E-state index in [1.165, 1.54) is 6.26 Å². The zero-order valence-corrected chi connectivity index (χ0v) is 12.5. The standard InChI is InChI=1S/C12H9Br2NO3/c1-17-10-3-2-7(6-9(10)13)15-12(16)8-4-5-18-11(8)14/h2-6H,1H3,(H,15,16). The third-order valence-corrected chi connectivity index (χ3v) is 3.51. The van der Waals surface area contributed by atoms with Gasteiger partial charge in [-0.3, -0.25) is 4.79 Å². The number of hydrogen-bond donors (Lipinski definition) is 1. The Hall–Kier alpha value is -1.27. The molecule has 1 amide bonds. The van der Waals surface area contributed by atoms with E-state index in [-0.39, 0.29) is 5.91 Å². The maximum absolute atomic E-state index is 11.9. The van der Waals surface area contributed by atoms with Crippen LogP contribution < -0.4 is 10.1 Å². The van der Waals surface area contributed by atoms with Gasteiger partial charge in [-0.25, -0.2) is 0 Å². The van der Waals surface area contributed by atoms with E-state index in [9.17, 15) is 4.79 Å². The molecule has 0 aliphatic rings. The van der Waals surface area contributed by atoms with Crippen molar-refractivity contribution in [2.45, 2.75) is 0 Å². The van der Waals surface area contributed by atoms with Crippen LogP contribution in [0.4, 0.5) is 5.69 Å². The zero-order valence-electron chi connectivity index (χ0n) is 9.37. The Kier molecular flexibility index (Phi) is 4.08. The van der Waals surface area contributed by atoms with Gasteiger partial charge < -0.3 is 14.5 Å². The highest BCUT2D eigenvalue weighted by Gasteiger charge is 2.13. The summed E-state index contributed by atoms with van der Waals surface area (Å²) in [6.45, 7) is 0. The molecule has 6 heteroatoms. The lowest BCUT2D eigenvalue weighted by atomic mass is 10.2. The van der Waals surface area contributed by atoms with Crippen LogP contribution in [-0.2, 0) is 0 Å². The molecule has 94 valence electrons. The van der Waals surface area contributed by atoms with Gasteiger partial charge in [0.2, 0.25) is 0 Å². The predicted molar refractivity (Wildman–Crippen MR) is 75.1 cm³/mol. The molecule has 18 heavy (non-hydrogen) atoms. The number of methoxy groups -OCH3 is 1. The summed E-state index contributed by atoms with van der Waals surface area (Å²) < 4.78 is 11.3. The van der Waals surface area contributed by atoms with Gasteiger partial charge in [-0.05, 0) is 56.1 Å². The maximum atomic E-state index is 11.9. The molecular weight excluding hydrogens is 366 g/mol. The van der Waals surface area contributed by atoms with Gasteiger partial charge in [-0.15, -0.1) is 0 Å². The third-order valence-electron chi connectivity index (χ3n) is 2.27. The average molecular weight is 375 g/mol. The van der Waals surface area contributed by atoms with E-state index in [2.05, 4.69) is 37.2 Å². The Morgan fingerprint density at radius 2 is 2.11 bits per heavy atom. The number of carbonyl (C=O) groups is 1. The second-order valence-electron chi connectivity index (χ2n) is 3.41. The molecule has 0 fully saturated rings. The van der Waals surface area contributed by atoms with E-state index in [1.807, 2.05) is 0 Å². The van der Waals surface area contributed by atoms with Crippen LogP contribution >= 0.6 is 31.9 Å². The Balaban J connectivity index is 2.17. The highest BCUT2D eigenvalue weighted by atomic mass is 79.9. The Morgan fingerprint density at radius 1 is 1.33 bits per heavy atom. The molecule has 2 aromatic rings. The number of ether oxygens (including phenoxy) is 1. The number of benzene rings is 1. The van der Waals surface area contributed by atoms with Crippen LogP contribution in [0.2, 0.25) is 0 Å². The van der Waals surface area contributed by atoms with Crippen molar-refractivity contribution in [2.75, 3.05) is 12.4 Å². The van der Waals surface area contributed by atoms with Gasteiger partial charge in [0, 0.05) is 5.69 Å². The van der Waals surface area contributed by atoms with Crippen molar-refractivity contribution in [1.29, 1.82) is 0 Å². The van der Waals surface area contributed by atoms with Gasteiger partial charge >= 0.3 is 0 Å². The molecule has 0 unspecified atom stereocenters. The Bertz CT molecular complexity index is 580. The molecule has 0 bridgehead atoms. The topological polar surface area (TPSA) is 51.5 Å². The number of hydrogen-bond acceptors (Lipinski definition) is 3. The van der Waals surface area contributed by atoms with Crippen molar-refractivity contribution in [1.82, 2.24) is 0 Å². The summed E-state index contributed by atoms with van der Waals surface area (Å²) in [6, 6.07) is 6.89. The predicted octanol–water partition coefficient (Wildman–Crippen LogP) is 4.07. The average Bonchev–Trinajstić information content (AvgIpc) is 2.76. The first kappa shape index (κ1) is 13.2. The highest BCUT2D eigenvalue weighted by molar-refractivity contribution is 9.10. The molecule has 0 atom stereocenters. The summed E-state index contributed by atoms with van der Waals surface area (Å²) in [6.07, 6.45) is 1.45. The second kappa shape index (κ2) is 5.58. The summed E-state index contributed by atoms with van der Waals surface area (Å²) in [5, 5.41) is 2.76. The van der Waals surface area contributed by atoms with Gasteiger partial charge in [-0.2, -0.15) is 0 Å². The van der Waals surface area contributed by atoms with E-state index in [1.54, 1.807) is 31.4 Å². The SMILES string of the molecule is COc1ccc(NC(=O)c2ccoc2Br)cc1Br. The van der Waals surface area contributed by atoms with Crippen LogP contribution in [0.5, 0.6) is 5.75 Å². The van der Waals surface area contributed by atoms with Crippen molar-refractivity contribution in [3.8, 4) is 5.75 Å². The summed E-state index contributed by atoms with van der Waals surface area (Å²) in [4.78, 5) is 11.9. The van der Waals surface area contributed by atoms with Crippen LogP contribution in [0.3, 0.4) is 0 Å². The van der Waals surface area contributed by atoms with Crippen molar-refractivity contribution < 1.29 is 13.9 Å². The molecular formula is C12H9Br2NO3. The molecule has 0 saturated carbocycles. The molecule has 1 N–H and O–H groups in total. The van der Waals surface area contributed by atoms with Crippen molar-refractivity contribution in [2.24, 2.45) is 0 Å². The van der Waals surface area contributed by atoms with Crippen LogP contribution in [-0.4, -0.2) is 13.0 Å². The van der Waals surface area contributed by atoms with Crippen LogP contribution in [0, 0.1) is 0 Å². The maximum Gasteiger partial charge on any atom is 0.260 e. The van der Waals surface area contributed by atoms with Crippen molar-refractivity contribution in [3.05, 3.63) is 45.2 Å². The molecule has 4 nitrogen and oxygen atoms in total. The van der Waals surface area contributed by atoms with Crippen molar-refractivity contribution >= 4 is 43.5 Å². The number of anilines is 1. The summed E-state index contributed by atoms with van der Waals surface area (Å²) in [7, 11) is 1.58. The first-order valence-electron chi connectivity index (χ1n) is 4.99. The molecule has 0 aliphatic carbocycles. The minimum absolute atomic E-state index is 0.243. The van der Waals surface area contributed by atoms with Gasteiger partial charge in [0.1, 0.15) is 5.75 Å². The van der Waals surface area contributed by atoms with Crippen LogP contribution in [0.15, 0.2) is 44.1 Å². The molecule has 0 radical (unpaired) electrons. The minimum Gasteiger partial charge on any atom is -0.496 e. The summed E-state index contributed by atoms with van der Waals surface area (Å²) in [5.41, 5.74) is 1.11. The molecule has 1 aromatic carbocycles. The van der Waals surface area contributed by atoms with E-state index in [4.69, 9.17) is 9.15 Å². The number of amides is 1. The Labute approximate surface area is 121 Å². The number of carbonyl (C=O) groups excluding carboxylic acids is 1. The summed E-state index contributed by atoms with van der Waals surface area (Å²) in [5.74, 6) is 0.463.